The Balaban J connectivity index is 1.75. The summed E-state index contributed by atoms with van der Waals surface area (Å²) in [6.45, 7) is 1.49. The molecule has 2 heterocycles. The van der Waals surface area contributed by atoms with Gasteiger partial charge in [0.15, 0.2) is 11.5 Å². The lowest BCUT2D eigenvalue weighted by atomic mass is 10.2. The van der Waals surface area contributed by atoms with E-state index in [4.69, 9.17) is 15.2 Å². The summed E-state index contributed by atoms with van der Waals surface area (Å²) in [7, 11) is 0. The van der Waals surface area contributed by atoms with Gasteiger partial charge in [0.25, 0.3) is 0 Å². The molecule has 0 aromatic heterocycles. The molecule has 0 aliphatic carbocycles. The average Bonchev–Trinajstić information content (AvgIpc) is 2.85. The molecule has 1 saturated heterocycles. The van der Waals surface area contributed by atoms with Crippen LogP contribution in [0.25, 0.3) is 0 Å². The van der Waals surface area contributed by atoms with Gasteiger partial charge in [0.05, 0.1) is 0 Å². The molecule has 1 unspecified atom stereocenters. The van der Waals surface area contributed by atoms with Gasteiger partial charge in [-0.25, -0.2) is 0 Å². The summed E-state index contributed by atoms with van der Waals surface area (Å²) in [5, 5.41) is 0. The quantitative estimate of drug-likeness (QED) is 0.808. The van der Waals surface area contributed by atoms with Crippen LogP contribution in [0.15, 0.2) is 18.2 Å². The Morgan fingerprint density at radius 2 is 2.18 bits per heavy atom. The summed E-state index contributed by atoms with van der Waals surface area (Å²) < 4.78 is 10.5. The lowest BCUT2D eigenvalue weighted by Gasteiger charge is -2.16. The third kappa shape index (κ3) is 1.93. The maximum absolute atomic E-state index is 11.6. The number of nitrogens with zero attached hydrogens (tertiary/aromatic N) is 1. The van der Waals surface area contributed by atoms with E-state index in [0.29, 0.717) is 19.5 Å². The molecule has 1 aromatic carbocycles. The van der Waals surface area contributed by atoms with Gasteiger partial charge in [-0.05, 0) is 17.7 Å². The second kappa shape index (κ2) is 3.92. The molecule has 5 nitrogen and oxygen atoms in total. The number of amides is 1. The van der Waals surface area contributed by atoms with Crippen molar-refractivity contribution in [2.75, 3.05) is 13.3 Å². The second-order valence-corrected chi connectivity index (χ2v) is 4.43. The van der Waals surface area contributed by atoms with Crippen molar-refractivity contribution in [3.63, 3.8) is 0 Å². The van der Waals surface area contributed by atoms with Crippen molar-refractivity contribution in [2.45, 2.75) is 19.0 Å². The highest BCUT2D eigenvalue weighted by atomic mass is 16.7. The summed E-state index contributed by atoms with van der Waals surface area (Å²) in [6, 6.07) is 5.71. The fourth-order valence-corrected chi connectivity index (χ4v) is 2.22. The first-order chi connectivity index (χ1) is 8.22. The van der Waals surface area contributed by atoms with Gasteiger partial charge in [-0.3, -0.25) is 4.79 Å². The SMILES string of the molecule is NC1CC(=O)N(Cc2ccc3c(c2)OCO3)C1. The maximum atomic E-state index is 11.6. The molecule has 1 aromatic rings. The van der Waals surface area contributed by atoms with Gasteiger partial charge in [-0.15, -0.1) is 0 Å². The summed E-state index contributed by atoms with van der Waals surface area (Å²) in [6.07, 6.45) is 0.449. The van der Waals surface area contributed by atoms with Gasteiger partial charge >= 0.3 is 0 Å². The van der Waals surface area contributed by atoms with Crippen LogP contribution in [0.2, 0.25) is 0 Å². The minimum absolute atomic E-state index is 0.0310. The van der Waals surface area contributed by atoms with E-state index in [0.717, 1.165) is 17.1 Å². The van der Waals surface area contributed by atoms with Crippen LogP contribution >= 0.6 is 0 Å². The topological polar surface area (TPSA) is 64.8 Å². The van der Waals surface area contributed by atoms with Crippen molar-refractivity contribution in [3.05, 3.63) is 23.8 Å². The van der Waals surface area contributed by atoms with Crippen LogP contribution in [-0.4, -0.2) is 30.2 Å². The first kappa shape index (κ1) is 10.4. The van der Waals surface area contributed by atoms with Crippen molar-refractivity contribution in [1.82, 2.24) is 4.90 Å². The molecule has 2 aliphatic heterocycles. The fraction of sp³-hybridized carbons (Fsp3) is 0.417. The molecule has 17 heavy (non-hydrogen) atoms. The number of likely N-dealkylation sites (tertiary alicyclic amines) is 1. The number of hydrogen-bond acceptors (Lipinski definition) is 4. The number of carbonyl (C=O) groups excluding carboxylic acids is 1. The van der Waals surface area contributed by atoms with Crippen molar-refractivity contribution < 1.29 is 14.3 Å². The highest BCUT2D eigenvalue weighted by Gasteiger charge is 2.27. The molecule has 1 atom stereocenters. The van der Waals surface area contributed by atoms with Crippen molar-refractivity contribution in [2.24, 2.45) is 5.73 Å². The van der Waals surface area contributed by atoms with Crippen molar-refractivity contribution in [3.8, 4) is 11.5 Å². The molecule has 90 valence electrons. The van der Waals surface area contributed by atoms with Gasteiger partial charge < -0.3 is 20.1 Å². The molecule has 0 radical (unpaired) electrons. The van der Waals surface area contributed by atoms with Crippen LogP contribution in [-0.2, 0) is 11.3 Å². The molecule has 1 fully saturated rings. The van der Waals surface area contributed by atoms with Gasteiger partial charge in [0.1, 0.15) is 0 Å². The molecule has 5 heteroatoms. The van der Waals surface area contributed by atoms with Gasteiger partial charge in [-0.2, -0.15) is 0 Å². The Hall–Kier alpha value is -1.75. The first-order valence-electron chi connectivity index (χ1n) is 5.64. The molecular formula is C12H14N2O3. The predicted molar refractivity (Wildman–Crippen MR) is 60.6 cm³/mol. The average molecular weight is 234 g/mol. The van der Waals surface area contributed by atoms with Crippen LogP contribution in [0.1, 0.15) is 12.0 Å². The molecular weight excluding hydrogens is 220 g/mol. The number of benzene rings is 1. The lowest BCUT2D eigenvalue weighted by molar-refractivity contribution is -0.128. The van der Waals surface area contributed by atoms with Gasteiger partial charge in [0, 0.05) is 25.6 Å². The monoisotopic (exact) mass is 234 g/mol. The summed E-state index contributed by atoms with van der Waals surface area (Å²) in [5.41, 5.74) is 6.79. The number of ether oxygens (including phenoxy) is 2. The number of fused-ring (bicyclic) bond motifs is 1. The summed E-state index contributed by atoms with van der Waals surface area (Å²) in [4.78, 5) is 13.4. The van der Waals surface area contributed by atoms with E-state index in [1.807, 2.05) is 18.2 Å². The Labute approximate surface area is 99.1 Å². The van der Waals surface area contributed by atoms with E-state index in [1.165, 1.54) is 0 Å². The largest absolute Gasteiger partial charge is 0.454 e. The van der Waals surface area contributed by atoms with E-state index in [9.17, 15) is 4.79 Å². The Morgan fingerprint density at radius 3 is 2.94 bits per heavy atom. The minimum atomic E-state index is -0.0310. The normalized spacial score (nSPS) is 22.3. The van der Waals surface area contributed by atoms with Crippen LogP contribution < -0.4 is 15.2 Å². The summed E-state index contributed by atoms with van der Waals surface area (Å²) in [5.74, 6) is 1.63. The molecule has 2 aliphatic rings. The molecule has 0 spiro atoms. The van der Waals surface area contributed by atoms with Crippen molar-refractivity contribution >= 4 is 5.91 Å². The van der Waals surface area contributed by atoms with E-state index in [1.54, 1.807) is 4.90 Å². The number of hydrogen-bond donors (Lipinski definition) is 1. The third-order valence-corrected chi connectivity index (χ3v) is 3.05. The number of carbonyl (C=O) groups is 1. The highest BCUT2D eigenvalue weighted by molar-refractivity contribution is 5.79. The minimum Gasteiger partial charge on any atom is -0.454 e. The highest BCUT2D eigenvalue weighted by Crippen LogP contribution is 2.33. The lowest BCUT2D eigenvalue weighted by Crippen LogP contribution is -2.27. The molecule has 3 rings (SSSR count). The zero-order valence-corrected chi connectivity index (χ0v) is 9.39. The Bertz CT molecular complexity index is 461. The molecule has 0 saturated carbocycles. The fourth-order valence-electron chi connectivity index (χ4n) is 2.22. The van der Waals surface area contributed by atoms with Gasteiger partial charge in [0.2, 0.25) is 12.7 Å². The second-order valence-electron chi connectivity index (χ2n) is 4.43. The molecule has 0 bridgehead atoms. The zero-order chi connectivity index (χ0) is 11.8. The van der Waals surface area contributed by atoms with E-state index in [-0.39, 0.29) is 18.7 Å². The van der Waals surface area contributed by atoms with Gasteiger partial charge in [-0.1, -0.05) is 6.07 Å². The predicted octanol–water partition coefficient (Wildman–Crippen LogP) is 0.475. The van der Waals surface area contributed by atoms with Crippen LogP contribution in [0, 0.1) is 0 Å². The van der Waals surface area contributed by atoms with Crippen molar-refractivity contribution in [1.29, 1.82) is 0 Å². The third-order valence-electron chi connectivity index (χ3n) is 3.05. The van der Waals surface area contributed by atoms with E-state index >= 15 is 0 Å². The van der Waals surface area contributed by atoms with E-state index in [2.05, 4.69) is 0 Å². The molecule has 2 N–H and O–H groups in total. The Kier molecular flexibility index (Phi) is 2.40. The first-order valence-corrected chi connectivity index (χ1v) is 5.64. The van der Waals surface area contributed by atoms with Crippen LogP contribution in [0.4, 0.5) is 0 Å². The van der Waals surface area contributed by atoms with Crippen LogP contribution in [0.3, 0.4) is 0 Å². The maximum Gasteiger partial charge on any atom is 0.231 e. The molecule has 1 amide bonds. The van der Waals surface area contributed by atoms with E-state index < -0.39 is 0 Å². The number of rotatable bonds is 2. The Morgan fingerprint density at radius 1 is 1.35 bits per heavy atom. The smallest absolute Gasteiger partial charge is 0.231 e. The standard InChI is InChI=1S/C12H14N2O3/c13-9-4-12(15)14(6-9)5-8-1-2-10-11(3-8)17-7-16-10/h1-3,9H,4-7,13H2. The zero-order valence-electron chi connectivity index (χ0n) is 9.39. The number of nitrogens with two attached hydrogens (primary N) is 1. The summed E-state index contributed by atoms with van der Waals surface area (Å²) >= 11 is 0. The van der Waals surface area contributed by atoms with Crippen LogP contribution in [0.5, 0.6) is 11.5 Å².